The first kappa shape index (κ1) is 79.4. The van der Waals surface area contributed by atoms with Crippen LogP contribution in [0.2, 0.25) is 0 Å². The van der Waals surface area contributed by atoms with Gasteiger partial charge < -0.3 is 18.9 Å². The predicted molar refractivity (Wildman–Crippen MR) is 362 cm³/mol. The topological polar surface area (TPSA) is 108 Å². The Hall–Kier alpha value is -4.63. The second-order valence-electron chi connectivity index (χ2n) is 22.4. The molecule has 10 heteroatoms. The molecular formula is C74H121NO8P+. The van der Waals surface area contributed by atoms with Crippen molar-refractivity contribution in [1.82, 2.24) is 0 Å². The van der Waals surface area contributed by atoms with Crippen molar-refractivity contribution in [3.8, 4) is 0 Å². The summed E-state index contributed by atoms with van der Waals surface area (Å²) < 4.78 is 34.6. The minimum absolute atomic E-state index is 0.0160. The minimum atomic E-state index is -4.41. The van der Waals surface area contributed by atoms with Crippen LogP contribution in [0.25, 0.3) is 0 Å². The fourth-order valence-electron chi connectivity index (χ4n) is 8.27. The summed E-state index contributed by atoms with van der Waals surface area (Å²) in [5.41, 5.74) is 0. The van der Waals surface area contributed by atoms with E-state index in [1.807, 2.05) is 21.1 Å². The van der Waals surface area contributed by atoms with E-state index < -0.39 is 32.5 Å². The van der Waals surface area contributed by atoms with Gasteiger partial charge in [0.05, 0.1) is 27.7 Å². The maximum absolute atomic E-state index is 12.9. The van der Waals surface area contributed by atoms with E-state index in [-0.39, 0.29) is 26.1 Å². The quantitative estimate of drug-likeness (QED) is 0.0211. The van der Waals surface area contributed by atoms with Crippen molar-refractivity contribution in [2.45, 2.75) is 238 Å². The molecule has 0 aliphatic rings. The first-order chi connectivity index (χ1) is 41.0. The lowest BCUT2D eigenvalue weighted by atomic mass is 10.0. The second kappa shape index (κ2) is 62.9. The first-order valence-electron chi connectivity index (χ1n) is 32.9. The summed E-state index contributed by atoms with van der Waals surface area (Å²) in [4.78, 5) is 35.8. The predicted octanol–water partition coefficient (Wildman–Crippen LogP) is 21.4. The van der Waals surface area contributed by atoms with Crippen LogP contribution in [-0.2, 0) is 32.7 Å². The molecule has 0 amide bonds. The lowest BCUT2D eigenvalue weighted by molar-refractivity contribution is -0.870. The average molecular weight is 1180 g/mol. The Morgan fingerprint density at radius 3 is 0.976 bits per heavy atom. The highest BCUT2D eigenvalue weighted by Crippen LogP contribution is 2.43. The van der Waals surface area contributed by atoms with Crippen molar-refractivity contribution >= 4 is 19.8 Å². The Bertz CT molecular complexity index is 2020. The Morgan fingerprint density at radius 1 is 0.369 bits per heavy atom. The van der Waals surface area contributed by atoms with Crippen LogP contribution in [0.15, 0.2) is 170 Å². The van der Waals surface area contributed by atoms with Crippen molar-refractivity contribution in [3.63, 3.8) is 0 Å². The van der Waals surface area contributed by atoms with Crippen LogP contribution in [0, 0.1) is 0 Å². The summed E-state index contributed by atoms with van der Waals surface area (Å²) in [6, 6.07) is 0. The van der Waals surface area contributed by atoms with Crippen molar-refractivity contribution in [3.05, 3.63) is 170 Å². The van der Waals surface area contributed by atoms with Gasteiger partial charge in [0, 0.05) is 12.8 Å². The molecule has 0 aromatic rings. The molecule has 84 heavy (non-hydrogen) atoms. The van der Waals surface area contributed by atoms with E-state index in [0.29, 0.717) is 23.9 Å². The number of hydrogen-bond donors (Lipinski definition) is 1. The molecule has 0 fully saturated rings. The number of nitrogens with zero attached hydrogens (tertiary/aromatic N) is 1. The van der Waals surface area contributed by atoms with Crippen molar-refractivity contribution in [1.29, 1.82) is 0 Å². The van der Waals surface area contributed by atoms with Crippen molar-refractivity contribution in [2.75, 3.05) is 47.5 Å². The zero-order chi connectivity index (χ0) is 61.2. The molecule has 0 radical (unpaired) electrons. The van der Waals surface area contributed by atoms with E-state index in [0.717, 1.165) is 122 Å². The lowest BCUT2D eigenvalue weighted by Crippen LogP contribution is -2.37. The number of hydrogen-bond acceptors (Lipinski definition) is 7. The Balaban J connectivity index is 4.13. The third-order valence-corrected chi connectivity index (χ3v) is 14.2. The Kier molecular flexibility index (Phi) is 59.4. The second-order valence-corrected chi connectivity index (χ2v) is 23.8. The number of phosphoric ester groups is 1. The summed E-state index contributed by atoms with van der Waals surface area (Å²) in [6.45, 7) is 4.14. The lowest BCUT2D eigenvalue weighted by Gasteiger charge is -2.24. The molecule has 0 aliphatic carbocycles. The maximum Gasteiger partial charge on any atom is 0.472 e. The van der Waals surface area contributed by atoms with Gasteiger partial charge in [0.25, 0.3) is 0 Å². The van der Waals surface area contributed by atoms with E-state index in [1.165, 1.54) is 70.6 Å². The SMILES string of the molecule is CC/C=C\C/C=C\C/C=C\C/C=C\C/C=C\C/C=C\C/C=C\C/C=C\CCCCCCCCCCCCCCCCC(=O)OC(COC(=O)CCCC/C=C\C/C=C\C/C=C\C/C=C\C/C=C\C/C=C\CC)COP(=O)(O)OCC[N+](C)(C)C. The molecule has 2 atom stereocenters. The molecule has 9 nitrogen and oxygen atoms in total. The van der Waals surface area contributed by atoms with Gasteiger partial charge in [-0.15, -0.1) is 0 Å². The van der Waals surface area contributed by atoms with Gasteiger partial charge in [-0.1, -0.05) is 261 Å². The van der Waals surface area contributed by atoms with Crippen LogP contribution in [-0.4, -0.2) is 74.9 Å². The third-order valence-electron chi connectivity index (χ3n) is 13.2. The summed E-state index contributed by atoms with van der Waals surface area (Å²) in [5, 5.41) is 0. The van der Waals surface area contributed by atoms with Crippen LogP contribution in [0.4, 0.5) is 0 Å². The Morgan fingerprint density at radius 2 is 0.643 bits per heavy atom. The van der Waals surface area contributed by atoms with Gasteiger partial charge in [0.2, 0.25) is 0 Å². The van der Waals surface area contributed by atoms with Crippen LogP contribution < -0.4 is 0 Å². The highest BCUT2D eigenvalue weighted by molar-refractivity contribution is 7.47. The smallest absolute Gasteiger partial charge is 0.462 e. The molecule has 0 spiro atoms. The maximum atomic E-state index is 12.9. The van der Waals surface area contributed by atoms with E-state index in [9.17, 15) is 19.0 Å². The summed E-state index contributed by atoms with van der Waals surface area (Å²) >= 11 is 0. The number of phosphoric acid groups is 1. The molecule has 0 saturated heterocycles. The third kappa shape index (κ3) is 66.5. The van der Waals surface area contributed by atoms with Crippen LogP contribution in [0.5, 0.6) is 0 Å². The zero-order valence-corrected chi connectivity index (χ0v) is 54.7. The molecule has 0 heterocycles. The number of esters is 2. The first-order valence-corrected chi connectivity index (χ1v) is 34.4. The highest BCUT2D eigenvalue weighted by atomic mass is 31.2. The van der Waals surface area contributed by atoms with Crippen molar-refractivity contribution < 1.29 is 42.1 Å². The van der Waals surface area contributed by atoms with Gasteiger partial charge >= 0.3 is 19.8 Å². The monoisotopic (exact) mass is 1180 g/mol. The van der Waals surface area contributed by atoms with Gasteiger partial charge in [0.15, 0.2) is 6.10 Å². The van der Waals surface area contributed by atoms with Crippen LogP contribution in [0.3, 0.4) is 0 Å². The normalized spacial score (nSPS) is 14.3. The molecule has 0 bridgehead atoms. The van der Waals surface area contributed by atoms with Gasteiger partial charge in [-0.25, -0.2) is 4.57 Å². The van der Waals surface area contributed by atoms with Gasteiger partial charge in [-0.05, 0) is 128 Å². The molecular weight excluding hydrogens is 1060 g/mol. The largest absolute Gasteiger partial charge is 0.472 e. The average Bonchev–Trinajstić information content (AvgIpc) is 3.61. The van der Waals surface area contributed by atoms with E-state index >= 15 is 0 Å². The standard InChI is InChI=1S/C74H120NO8P/c1-6-8-10-12-14-16-18-20-22-24-26-28-29-30-31-32-33-34-35-36-37-38-39-40-41-42-43-44-45-47-49-51-53-55-57-59-61-63-65-67-74(77)83-72(71-82-84(78,79)81-69-68-75(3,4)5)70-80-73(76)66-64-62-60-58-56-54-52-50-48-46-27-25-23-21-19-17-15-13-11-9-7-2/h8-11,14-17,20-23,26-28,30-31,33-34,36-37,39-40,46,50,52,56,58,72H,6-7,12-13,18-19,24-25,29,32,35,38,41-45,47-49,51,53-55,57,59-71H2,1-5H3/p+1/b10-8-,11-9-,16-14-,17-15-,22-20-,23-21-,28-26-,31-30-,34-33-,37-36-,40-39-,46-27-,52-50-,58-56-. The fraction of sp³-hybridized carbons (Fsp3) is 0.595. The van der Waals surface area contributed by atoms with Gasteiger partial charge in [-0.2, -0.15) is 0 Å². The molecule has 0 aromatic carbocycles. The number of ether oxygens (including phenoxy) is 2. The molecule has 0 aliphatic heterocycles. The highest BCUT2D eigenvalue weighted by Gasteiger charge is 2.27. The van der Waals surface area contributed by atoms with E-state index in [1.54, 1.807) is 0 Å². The Labute approximate surface area is 515 Å². The molecule has 2 unspecified atom stereocenters. The number of rotatable bonds is 58. The number of quaternary nitrogens is 1. The van der Waals surface area contributed by atoms with Crippen molar-refractivity contribution in [2.24, 2.45) is 0 Å². The molecule has 0 rings (SSSR count). The van der Waals surface area contributed by atoms with Crippen LogP contribution in [0.1, 0.15) is 232 Å². The fourth-order valence-corrected chi connectivity index (χ4v) is 9.01. The minimum Gasteiger partial charge on any atom is -0.462 e. The molecule has 0 saturated carbocycles. The molecule has 0 aromatic heterocycles. The molecule has 474 valence electrons. The van der Waals surface area contributed by atoms with E-state index in [2.05, 4.69) is 184 Å². The number of unbranched alkanes of at least 4 members (excludes halogenated alkanes) is 16. The summed E-state index contributed by atoms with van der Waals surface area (Å²) in [7, 11) is 1.43. The number of allylic oxidation sites excluding steroid dienone is 28. The summed E-state index contributed by atoms with van der Waals surface area (Å²) in [5.74, 6) is -0.859. The van der Waals surface area contributed by atoms with Gasteiger partial charge in [-0.3, -0.25) is 18.6 Å². The molecule has 1 N–H and O–H groups in total. The number of likely N-dealkylation sites (N-methyl/N-ethyl adjacent to an activating group) is 1. The number of carbonyl (C=O) groups is 2. The summed E-state index contributed by atoms with van der Waals surface area (Å²) in [6.07, 6.45) is 95.9. The van der Waals surface area contributed by atoms with Gasteiger partial charge in [0.1, 0.15) is 19.8 Å². The van der Waals surface area contributed by atoms with Crippen LogP contribution >= 0.6 is 7.82 Å². The number of carbonyl (C=O) groups excluding carboxylic acids is 2. The zero-order valence-electron chi connectivity index (χ0n) is 53.8. The van der Waals surface area contributed by atoms with E-state index in [4.69, 9.17) is 18.5 Å².